The van der Waals surface area contributed by atoms with Crippen LogP contribution in [0, 0.1) is 0 Å². The van der Waals surface area contributed by atoms with Crippen molar-refractivity contribution in [3.63, 3.8) is 0 Å². The van der Waals surface area contributed by atoms with Crippen molar-refractivity contribution in [1.82, 2.24) is 4.31 Å². The molecule has 0 amide bonds. The second kappa shape index (κ2) is 5.97. The summed E-state index contributed by atoms with van der Waals surface area (Å²) in [4.78, 5) is 10.4. The van der Waals surface area contributed by atoms with E-state index in [1.54, 1.807) is 12.1 Å². The van der Waals surface area contributed by atoms with Crippen LogP contribution in [-0.4, -0.2) is 32.3 Å². The number of carbonyl (C=O) groups excluding carboxylic acids is 1. The number of hydrogen-bond acceptors (Lipinski definition) is 4. The van der Waals surface area contributed by atoms with Gasteiger partial charge in [0.05, 0.1) is 18.3 Å². The number of carboxylic acid groups (broad SMARTS) is 1. The number of nitrogens with zero attached hydrogens (tertiary/aromatic N) is 1. The fraction of sp³-hybridized carbons (Fsp3) is 0.417. The molecule has 0 radical (unpaired) electrons. The number of carbonyl (C=O) groups is 1. The number of likely N-dealkylation sites (N-methyl/N-ethyl adjacent to an activating group) is 1. The lowest BCUT2D eigenvalue weighted by Crippen LogP contribution is -2.39. The van der Waals surface area contributed by atoms with Crippen molar-refractivity contribution in [2.24, 2.45) is 0 Å². The molecule has 1 aromatic carbocycles. The molecule has 18 heavy (non-hydrogen) atoms. The third-order valence-corrected chi connectivity index (χ3v) is 4.35. The SMILES string of the molecule is CCc1cccc(CS(=O)(=O)N(C)CC(=O)[O-])c1. The minimum atomic E-state index is -3.62. The van der Waals surface area contributed by atoms with Gasteiger partial charge < -0.3 is 9.90 Å². The molecule has 0 bridgehead atoms. The van der Waals surface area contributed by atoms with Gasteiger partial charge in [-0.1, -0.05) is 31.2 Å². The molecule has 0 fully saturated rings. The lowest BCUT2D eigenvalue weighted by molar-refractivity contribution is -0.305. The van der Waals surface area contributed by atoms with Gasteiger partial charge in [0.25, 0.3) is 0 Å². The highest BCUT2D eigenvalue weighted by Gasteiger charge is 2.18. The zero-order valence-electron chi connectivity index (χ0n) is 10.4. The normalized spacial score (nSPS) is 11.7. The number of rotatable bonds is 6. The number of carboxylic acids is 1. The Balaban J connectivity index is 2.84. The highest BCUT2D eigenvalue weighted by Crippen LogP contribution is 2.12. The van der Waals surface area contributed by atoms with Crippen LogP contribution in [0.5, 0.6) is 0 Å². The second-order valence-corrected chi connectivity index (χ2v) is 6.13. The summed E-state index contributed by atoms with van der Waals surface area (Å²) in [6, 6.07) is 7.23. The highest BCUT2D eigenvalue weighted by atomic mass is 32.2. The van der Waals surface area contributed by atoms with Crippen molar-refractivity contribution in [2.45, 2.75) is 19.1 Å². The van der Waals surface area contributed by atoms with Gasteiger partial charge in [-0.05, 0) is 17.5 Å². The van der Waals surface area contributed by atoms with Crippen molar-refractivity contribution < 1.29 is 18.3 Å². The van der Waals surface area contributed by atoms with E-state index in [1.807, 2.05) is 19.1 Å². The third kappa shape index (κ3) is 4.12. The molecule has 0 unspecified atom stereocenters. The number of sulfonamides is 1. The fourth-order valence-electron chi connectivity index (χ4n) is 1.54. The second-order valence-electron chi connectivity index (χ2n) is 4.06. The summed E-state index contributed by atoms with van der Waals surface area (Å²) in [6.45, 7) is 1.35. The summed E-state index contributed by atoms with van der Waals surface area (Å²) >= 11 is 0. The van der Waals surface area contributed by atoms with E-state index in [0.29, 0.717) is 5.56 Å². The van der Waals surface area contributed by atoms with Gasteiger partial charge in [0, 0.05) is 7.05 Å². The standard InChI is InChI=1S/C12H17NO4S/c1-3-10-5-4-6-11(7-10)9-18(16,17)13(2)8-12(14)15/h4-7H,3,8-9H2,1-2H3,(H,14,15)/p-1. The third-order valence-electron chi connectivity index (χ3n) is 2.58. The number of aryl methyl sites for hydroxylation is 1. The summed E-state index contributed by atoms with van der Waals surface area (Å²) in [7, 11) is -2.39. The van der Waals surface area contributed by atoms with Crippen molar-refractivity contribution in [1.29, 1.82) is 0 Å². The lowest BCUT2D eigenvalue weighted by atomic mass is 10.1. The predicted octanol–water partition coefficient (Wildman–Crippen LogP) is -0.239. The summed E-state index contributed by atoms with van der Waals surface area (Å²) in [5, 5.41) is 10.4. The minimum Gasteiger partial charge on any atom is -0.549 e. The molecule has 100 valence electrons. The van der Waals surface area contributed by atoms with Gasteiger partial charge in [-0.2, -0.15) is 4.31 Å². The zero-order valence-corrected chi connectivity index (χ0v) is 11.2. The molecular weight excluding hydrogens is 254 g/mol. The lowest BCUT2D eigenvalue weighted by Gasteiger charge is -2.17. The maximum atomic E-state index is 11.9. The van der Waals surface area contributed by atoms with Gasteiger partial charge in [0.2, 0.25) is 10.0 Å². The molecule has 0 saturated carbocycles. The Bertz CT molecular complexity index is 525. The van der Waals surface area contributed by atoms with Crippen molar-refractivity contribution in [3.8, 4) is 0 Å². The summed E-state index contributed by atoms with van der Waals surface area (Å²) in [5.74, 6) is -1.62. The molecule has 0 spiro atoms. The van der Waals surface area contributed by atoms with Crippen LogP contribution in [0.2, 0.25) is 0 Å². The largest absolute Gasteiger partial charge is 0.549 e. The average Bonchev–Trinajstić information content (AvgIpc) is 2.27. The van der Waals surface area contributed by atoms with E-state index in [1.165, 1.54) is 7.05 Å². The molecule has 0 N–H and O–H groups in total. The minimum absolute atomic E-state index is 0.204. The summed E-state index contributed by atoms with van der Waals surface area (Å²) in [6.07, 6.45) is 0.822. The average molecular weight is 270 g/mol. The van der Waals surface area contributed by atoms with Crippen LogP contribution in [0.25, 0.3) is 0 Å². The molecule has 0 heterocycles. The molecule has 0 saturated heterocycles. The predicted molar refractivity (Wildman–Crippen MR) is 66.1 cm³/mol. The van der Waals surface area contributed by atoms with E-state index in [-0.39, 0.29) is 5.75 Å². The molecule has 5 nitrogen and oxygen atoms in total. The van der Waals surface area contributed by atoms with Gasteiger partial charge in [-0.25, -0.2) is 8.42 Å². The molecule has 6 heteroatoms. The van der Waals surface area contributed by atoms with Crippen molar-refractivity contribution in [3.05, 3.63) is 35.4 Å². The van der Waals surface area contributed by atoms with Crippen LogP contribution >= 0.6 is 0 Å². The Morgan fingerprint density at radius 3 is 2.50 bits per heavy atom. The monoisotopic (exact) mass is 270 g/mol. The van der Waals surface area contributed by atoms with Gasteiger partial charge in [0.1, 0.15) is 0 Å². The Labute approximate surface area is 107 Å². The summed E-state index contributed by atoms with van der Waals surface area (Å²) in [5.41, 5.74) is 1.70. The van der Waals surface area contributed by atoms with E-state index in [0.717, 1.165) is 16.3 Å². The molecule has 1 rings (SSSR count). The molecule has 0 aliphatic carbocycles. The first-order valence-corrected chi connectivity index (χ1v) is 7.17. The first-order chi connectivity index (χ1) is 8.35. The van der Waals surface area contributed by atoms with Gasteiger partial charge in [-0.3, -0.25) is 0 Å². The Hall–Kier alpha value is -1.40. The number of aliphatic carboxylic acids is 1. The smallest absolute Gasteiger partial charge is 0.218 e. The van der Waals surface area contributed by atoms with E-state index in [9.17, 15) is 18.3 Å². The molecule has 0 aliphatic heterocycles. The maximum Gasteiger partial charge on any atom is 0.218 e. The van der Waals surface area contributed by atoms with E-state index >= 15 is 0 Å². The van der Waals surface area contributed by atoms with Gasteiger partial charge in [-0.15, -0.1) is 0 Å². The van der Waals surface area contributed by atoms with Crippen LogP contribution in [0.4, 0.5) is 0 Å². The van der Waals surface area contributed by atoms with E-state index < -0.39 is 22.5 Å². The van der Waals surface area contributed by atoms with Crippen LogP contribution in [-0.2, 0) is 27.0 Å². The first kappa shape index (κ1) is 14.7. The van der Waals surface area contributed by atoms with Crippen LogP contribution < -0.4 is 5.11 Å². The number of benzene rings is 1. The van der Waals surface area contributed by atoms with E-state index in [4.69, 9.17) is 0 Å². The molecule has 1 aromatic rings. The first-order valence-electron chi connectivity index (χ1n) is 5.57. The Kier molecular flexibility index (Phi) is 4.86. The van der Waals surface area contributed by atoms with Crippen molar-refractivity contribution >= 4 is 16.0 Å². The molecular formula is C12H16NO4S-. The van der Waals surface area contributed by atoms with Crippen LogP contribution in [0.15, 0.2) is 24.3 Å². The fourth-order valence-corrected chi connectivity index (χ4v) is 2.66. The van der Waals surface area contributed by atoms with Crippen molar-refractivity contribution in [2.75, 3.05) is 13.6 Å². The maximum absolute atomic E-state index is 11.9. The highest BCUT2D eigenvalue weighted by molar-refractivity contribution is 7.88. The van der Waals surface area contributed by atoms with E-state index in [2.05, 4.69) is 0 Å². The Morgan fingerprint density at radius 2 is 1.94 bits per heavy atom. The van der Waals surface area contributed by atoms with Gasteiger partial charge in [0.15, 0.2) is 0 Å². The van der Waals surface area contributed by atoms with Crippen LogP contribution in [0.3, 0.4) is 0 Å². The molecule has 0 aromatic heterocycles. The van der Waals surface area contributed by atoms with Gasteiger partial charge >= 0.3 is 0 Å². The zero-order chi connectivity index (χ0) is 13.8. The Morgan fingerprint density at radius 1 is 1.33 bits per heavy atom. The topological polar surface area (TPSA) is 77.5 Å². The van der Waals surface area contributed by atoms with Crippen LogP contribution in [0.1, 0.15) is 18.1 Å². The number of hydrogen-bond donors (Lipinski definition) is 0. The summed E-state index contributed by atoms with van der Waals surface area (Å²) < 4.78 is 24.5. The quantitative estimate of drug-likeness (QED) is 0.715. The molecule has 0 atom stereocenters. The molecule has 0 aliphatic rings.